The summed E-state index contributed by atoms with van der Waals surface area (Å²) in [5.41, 5.74) is 3.90. The van der Waals surface area contributed by atoms with Gasteiger partial charge < -0.3 is 25.0 Å². The summed E-state index contributed by atoms with van der Waals surface area (Å²) in [4.78, 5) is 23.7. The Labute approximate surface area is 175 Å². The standard InChI is InChI=1S/C23H27NO6/c1-23(2,13-25)14-29-12-20(21(26)27)24-22(28)30-11-19-17-9-5-3-7-15(17)16-8-4-6-10-18(16)19/h3-10,19-20,25H,11-14H2,1-2H3,(H,24,28)(H,26,27)/t20-/m0/s1. The first kappa shape index (κ1) is 21.8. The number of carboxylic acid groups (broad SMARTS) is 1. The fourth-order valence-electron chi connectivity index (χ4n) is 3.46. The molecule has 0 saturated heterocycles. The highest BCUT2D eigenvalue weighted by Crippen LogP contribution is 2.44. The summed E-state index contributed by atoms with van der Waals surface area (Å²) in [5.74, 6) is -1.32. The van der Waals surface area contributed by atoms with Crippen LogP contribution in [0.1, 0.15) is 30.9 Å². The predicted octanol–water partition coefficient (Wildman–Crippen LogP) is 3.01. The average molecular weight is 413 g/mol. The molecule has 1 atom stereocenters. The van der Waals surface area contributed by atoms with Gasteiger partial charge in [-0.15, -0.1) is 0 Å². The number of alkyl carbamates (subject to hydrolysis) is 1. The zero-order chi connectivity index (χ0) is 21.7. The number of fused-ring (bicyclic) bond motifs is 3. The molecule has 7 nitrogen and oxygen atoms in total. The summed E-state index contributed by atoms with van der Waals surface area (Å²) in [6.07, 6.45) is -0.811. The van der Waals surface area contributed by atoms with Gasteiger partial charge in [0.25, 0.3) is 0 Å². The maximum atomic E-state index is 12.3. The minimum atomic E-state index is -1.24. The summed E-state index contributed by atoms with van der Waals surface area (Å²) >= 11 is 0. The van der Waals surface area contributed by atoms with Crippen LogP contribution in [0, 0.1) is 5.41 Å². The molecule has 0 heterocycles. The topological polar surface area (TPSA) is 105 Å². The van der Waals surface area contributed by atoms with Gasteiger partial charge in [-0.05, 0) is 22.3 Å². The van der Waals surface area contributed by atoms with Crippen molar-refractivity contribution in [1.82, 2.24) is 5.32 Å². The molecular formula is C23H27NO6. The van der Waals surface area contributed by atoms with Gasteiger partial charge in [0.05, 0.1) is 19.8 Å². The van der Waals surface area contributed by atoms with E-state index in [9.17, 15) is 19.8 Å². The molecule has 0 unspecified atom stereocenters. The Morgan fingerprint density at radius 3 is 2.17 bits per heavy atom. The molecule has 0 fully saturated rings. The Kier molecular flexibility index (Phi) is 6.74. The number of carbonyl (C=O) groups is 2. The molecule has 0 aliphatic heterocycles. The van der Waals surface area contributed by atoms with Gasteiger partial charge >= 0.3 is 12.1 Å². The normalized spacial score (nSPS) is 14.0. The van der Waals surface area contributed by atoms with Gasteiger partial charge in [-0.3, -0.25) is 0 Å². The van der Waals surface area contributed by atoms with Crippen LogP contribution >= 0.6 is 0 Å². The van der Waals surface area contributed by atoms with Crippen LogP contribution in [-0.4, -0.2) is 54.7 Å². The number of aliphatic hydroxyl groups excluding tert-OH is 1. The monoisotopic (exact) mass is 413 g/mol. The van der Waals surface area contributed by atoms with Crippen molar-refractivity contribution in [3.63, 3.8) is 0 Å². The van der Waals surface area contributed by atoms with Crippen molar-refractivity contribution in [2.45, 2.75) is 25.8 Å². The number of hydrogen-bond acceptors (Lipinski definition) is 5. The van der Waals surface area contributed by atoms with E-state index in [0.29, 0.717) is 0 Å². The second-order valence-corrected chi connectivity index (χ2v) is 8.20. The Morgan fingerprint density at radius 2 is 1.63 bits per heavy atom. The van der Waals surface area contributed by atoms with Gasteiger partial charge in [0.1, 0.15) is 6.61 Å². The van der Waals surface area contributed by atoms with Crippen molar-refractivity contribution in [2.75, 3.05) is 26.4 Å². The third-order valence-corrected chi connectivity index (χ3v) is 5.14. The molecule has 0 spiro atoms. The van der Waals surface area contributed by atoms with Crippen molar-refractivity contribution >= 4 is 12.1 Å². The number of rotatable bonds is 9. The molecule has 3 rings (SSSR count). The molecule has 1 aliphatic rings. The minimum Gasteiger partial charge on any atom is -0.480 e. The lowest BCUT2D eigenvalue weighted by molar-refractivity contribution is -0.141. The molecule has 1 amide bonds. The molecule has 1 aliphatic carbocycles. The molecule has 7 heteroatoms. The molecule has 0 aromatic heterocycles. The van der Waals surface area contributed by atoms with Crippen LogP contribution < -0.4 is 5.32 Å². The molecular weight excluding hydrogens is 386 g/mol. The van der Waals surface area contributed by atoms with Crippen LogP contribution in [0.4, 0.5) is 4.79 Å². The molecule has 3 N–H and O–H groups in total. The molecule has 0 bridgehead atoms. The van der Waals surface area contributed by atoms with Gasteiger partial charge in [-0.2, -0.15) is 0 Å². The SMILES string of the molecule is CC(C)(CO)COC[C@H](NC(=O)OCC1c2ccccc2-c2ccccc21)C(=O)O. The van der Waals surface area contributed by atoms with Crippen molar-refractivity contribution in [2.24, 2.45) is 5.41 Å². The van der Waals surface area contributed by atoms with Gasteiger partial charge in [-0.1, -0.05) is 62.4 Å². The third kappa shape index (κ3) is 4.98. The lowest BCUT2D eigenvalue weighted by atomic mass is 9.97. The number of benzene rings is 2. The van der Waals surface area contributed by atoms with Gasteiger partial charge in [0.15, 0.2) is 6.04 Å². The van der Waals surface area contributed by atoms with E-state index in [-0.39, 0.29) is 32.3 Å². The predicted molar refractivity (Wildman–Crippen MR) is 111 cm³/mol. The highest BCUT2D eigenvalue weighted by Gasteiger charge is 2.30. The number of carboxylic acids is 1. The van der Waals surface area contributed by atoms with E-state index in [0.717, 1.165) is 22.3 Å². The van der Waals surface area contributed by atoms with E-state index in [1.165, 1.54) is 0 Å². The van der Waals surface area contributed by atoms with Crippen LogP contribution in [0.25, 0.3) is 11.1 Å². The Hall–Kier alpha value is -2.90. The number of nitrogens with one attached hydrogen (secondary N) is 1. The summed E-state index contributed by atoms with van der Waals surface area (Å²) in [7, 11) is 0. The highest BCUT2D eigenvalue weighted by atomic mass is 16.5. The largest absolute Gasteiger partial charge is 0.480 e. The van der Waals surface area contributed by atoms with Gasteiger partial charge in [0.2, 0.25) is 0 Å². The molecule has 0 saturated carbocycles. The molecule has 0 radical (unpaired) electrons. The van der Waals surface area contributed by atoms with Crippen molar-refractivity contribution < 1.29 is 29.3 Å². The second kappa shape index (κ2) is 9.28. The summed E-state index contributed by atoms with van der Waals surface area (Å²) in [6, 6.07) is 14.7. The number of hydrogen-bond donors (Lipinski definition) is 3. The van der Waals surface area contributed by atoms with Gasteiger partial charge in [-0.25, -0.2) is 9.59 Å². The Balaban J connectivity index is 1.59. The van der Waals surface area contributed by atoms with Crippen molar-refractivity contribution in [3.05, 3.63) is 59.7 Å². The Morgan fingerprint density at radius 1 is 1.07 bits per heavy atom. The van der Waals surface area contributed by atoms with Crippen LogP contribution in [-0.2, 0) is 14.3 Å². The number of carbonyl (C=O) groups excluding carboxylic acids is 1. The lowest BCUT2D eigenvalue weighted by Crippen LogP contribution is -2.45. The van der Waals surface area contributed by atoms with E-state index in [1.54, 1.807) is 13.8 Å². The number of aliphatic hydroxyl groups is 1. The van der Waals surface area contributed by atoms with Crippen LogP contribution in [0.2, 0.25) is 0 Å². The molecule has 30 heavy (non-hydrogen) atoms. The number of aliphatic carboxylic acids is 1. The fourth-order valence-corrected chi connectivity index (χ4v) is 3.46. The van der Waals surface area contributed by atoms with E-state index < -0.39 is 23.5 Å². The first-order chi connectivity index (χ1) is 14.3. The van der Waals surface area contributed by atoms with Gasteiger partial charge in [0, 0.05) is 11.3 Å². The summed E-state index contributed by atoms with van der Waals surface area (Å²) in [6.45, 7) is 3.54. The zero-order valence-corrected chi connectivity index (χ0v) is 17.1. The van der Waals surface area contributed by atoms with Crippen LogP contribution in [0.5, 0.6) is 0 Å². The lowest BCUT2D eigenvalue weighted by Gasteiger charge is -2.23. The highest BCUT2D eigenvalue weighted by molar-refractivity contribution is 5.81. The zero-order valence-electron chi connectivity index (χ0n) is 17.1. The quantitative estimate of drug-likeness (QED) is 0.584. The molecule has 2 aromatic carbocycles. The van der Waals surface area contributed by atoms with Crippen molar-refractivity contribution in [3.8, 4) is 11.1 Å². The maximum Gasteiger partial charge on any atom is 0.407 e. The first-order valence-corrected chi connectivity index (χ1v) is 9.85. The molecule has 2 aromatic rings. The fraction of sp³-hybridized carbons (Fsp3) is 0.391. The Bertz CT molecular complexity index is 865. The average Bonchev–Trinajstić information content (AvgIpc) is 3.05. The van der Waals surface area contributed by atoms with Crippen molar-refractivity contribution in [1.29, 1.82) is 0 Å². The minimum absolute atomic E-state index is 0.0927. The van der Waals surface area contributed by atoms with E-state index in [1.807, 2.05) is 48.5 Å². The maximum absolute atomic E-state index is 12.3. The summed E-state index contributed by atoms with van der Waals surface area (Å²) < 4.78 is 10.8. The van der Waals surface area contributed by atoms with E-state index in [2.05, 4.69) is 5.32 Å². The smallest absolute Gasteiger partial charge is 0.407 e. The van der Waals surface area contributed by atoms with Crippen LogP contribution in [0.3, 0.4) is 0 Å². The van der Waals surface area contributed by atoms with E-state index >= 15 is 0 Å². The number of ether oxygens (including phenoxy) is 2. The second-order valence-electron chi connectivity index (χ2n) is 8.20. The molecule has 160 valence electrons. The first-order valence-electron chi connectivity index (χ1n) is 9.85. The summed E-state index contributed by atoms with van der Waals surface area (Å²) in [5, 5.41) is 20.9. The van der Waals surface area contributed by atoms with E-state index in [4.69, 9.17) is 9.47 Å². The third-order valence-electron chi connectivity index (χ3n) is 5.14. The number of amides is 1. The van der Waals surface area contributed by atoms with Crippen LogP contribution in [0.15, 0.2) is 48.5 Å².